The van der Waals surface area contributed by atoms with Gasteiger partial charge in [-0.2, -0.15) is 0 Å². The number of carbonyl (C=O) groups excluding carboxylic acids is 2. The summed E-state index contributed by atoms with van der Waals surface area (Å²) in [5.41, 5.74) is 0.805. The molecule has 2 amide bonds. The molecule has 0 aromatic heterocycles. The molecule has 2 atom stereocenters. The molecule has 0 bridgehead atoms. The Bertz CT molecular complexity index is 1400. The van der Waals surface area contributed by atoms with Gasteiger partial charge >= 0.3 is 0 Å². The maximum atomic E-state index is 13.9. The minimum atomic E-state index is -4.23. The van der Waals surface area contributed by atoms with Crippen LogP contribution in [0.25, 0.3) is 0 Å². The van der Waals surface area contributed by atoms with Gasteiger partial charge in [0.05, 0.1) is 15.6 Å². The summed E-state index contributed by atoms with van der Waals surface area (Å²) >= 11 is 18.5. The van der Waals surface area contributed by atoms with Crippen molar-refractivity contribution in [3.05, 3.63) is 93.4 Å². The van der Waals surface area contributed by atoms with Gasteiger partial charge in [-0.15, -0.1) is 0 Å². The van der Waals surface area contributed by atoms with Gasteiger partial charge in [-0.05, 0) is 68.3 Å². The van der Waals surface area contributed by atoms with Gasteiger partial charge in [0.25, 0.3) is 10.0 Å². The van der Waals surface area contributed by atoms with Crippen molar-refractivity contribution in [2.24, 2.45) is 0 Å². The smallest absolute Gasteiger partial charge is 0.264 e. The largest absolute Gasteiger partial charge is 0.352 e. The Hall–Kier alpha value is -2.78. The first-order valence-electron chi connectivity index (χ1n) is 12.3. The van der Waals surface area contributed by atoms with E-state index in [0.717, 1.165) is 9.87 Å². The molecular weight excluding hydrogens is 581 g/mol. The topological polar surface area (TPSA) is 86.8 Å². The van der Waals surface area contributed by atoms with E-state index in [1.165, 1.54) is 35.2 Å². The fourth-order valence-corrected chi connectivity index (χ4v) is 5.89. The molecule has 0 aliphatic carbocycles. The van der Waals surface area contributed by atoms with E-state index in [9.17, 15) is 18.0 Å². The molecule has 3 rings (SSSR count). The van der Waals surface area contributed by atoms with Gasteiger partial charge in [-0.25, -0.2) is 8.42 Å². The number of carbonyl (C=O) groups is 2. The Morgan fingerprint density at radius 3 is 2.10 bits per heavy atom. The number of amides is 2. The van der Waals surface area contributed by atoms with Crippen LogP contribution in [0.1, 0.15) is 32.8 Å². The maximum Gasteiger partial charge on any atom is 0.264 e. The first-order valence-corrected chi connectivity index (χ1v) is 14.9. The molecule has 3 aromatic rings. The van der Waals surface area contributed by atoms with Gasteiger partial charge in [0.1, 0.15) is 12.6 Å². The fraction of sp³-hybridized carbons (Fsp3) is 0.286. The molecule has 0 fully saturated rings. The number of nitrogens with zero attached hydrogens (tertiary/aromatic N) is 2. The van der Waals surface area contributed by atoms with Crippen LogP contribution >= 0.6 is 34.8 Å². The van der Waals surface area contributed by atoms with Crippen molar-refractivity contribution in [2.75, 3.05) is 10.8 Å². The van der Waals surface area contributed by atoms with Crippen molar-refractivity contribution in [3.8, 4) is 0 Å². The van der Waals surface area contributed by atoms with Crippen molar-refractivity contribution in [2.45, 2.75) is 50.7 Å². The summed E-state index contributed by atoms with van der Waals surface area (Å²) in [4.78, 5) is 28.3. The molecular formula is C28H30Cl3N3O4S. The second-order valence-electron chi connectivity index (χ2n) is 9.06. The van der Waals surface area contributed by atoms with E-state index >= 15 is 0 Å². The van der Waals surface area contributed by atoms with Crippen LogP contribution in [0.4, 0.5) is 5.69 Å². The summed E-state index contributed by atoms with van der Waals surface area (Å²) in [6.07, 6.45) is 0.710. The van der Waals surface area contributed by atoms with E-state index in [0.29, 0.717) is 16.5 Å². The number of hydrogen-bond donors (Lipinski definition) is 1. The van der Waals surface area contributed by atoms with Crippen LogP contribution in [0.2, 0.25) is 15.1 Å². The Labute approximate surface area is 244 Å². The highest BCUT2D eigenvalue weighted by atomic mass is 35.5. The minimum absolute atomic E-state index is 0.0179. The lowest BCUT2D eigenvalue weighted by Crippen LogP contribution is -2.52. The number of sulfonamides is 1. The van der Waals surface area contributed by atoms with Gasteiger partial charge in [-0.1, -0.05) is 72.1 Å². The summed E-state index contributed by atoms with van der Waals surface area (Å²) in [7, 11) is -4.23. The van der Waals surface area contributed by atoms with Crippen molar-refractivity contribution in [1.82, 2.24) is 10.2 Å². The van der Waals surface area contributed by atoms with Crippen LogP contribution in [0, 0.1) is 0 Å². The Morgan fingerprint density at radius 2 is 1.51 bits per heavy atom. The average Bonchev–Trinajstić information content (AvgIpc) is 2.91. The maximum absolute atomic E-state index is 13.9. The summed E-state index contributed by atoms with van der Waals surface area (Å²) in [5.74, 6) is -0.948. The van der Waals surface area contributed by atoms with Gasteiger partial charge < -0.3 is 10.2 Å². The van der Waals surface area contributed by atoms with Crippen LogP contribution in [-0.2, 0) is 26.2 Å². The lowest BCUT2D eigenvalue weighted by molar-refractivity contribution is -0.139. The first kappa shape index (κ1) is 30.8. The zero-order valence-electron chi connectivity index (χ0n) is 21.8. The van der Waals surface area contributed by atoms with Crippen molar-refractivity contribution in [3.63, 3.8) is 0 Å². The summed E-state index contributed by atoms with van der Waals surface area (Å²) < 4.78 is 28.5. The number of halogens is 3. The highest BCUT2D eigenvalue weighted by Crippen LogP contribution is 2.33. The van der Waals surface area contributed by atoms with Crippen LogP contribution in [0.15, 0.2) is 77.7 Å². The molecule has 7 nitrogen and oxygen atoms in total. The van der Waals surface area contributed by atoms with Crippen LogP contribution in [0.5, 0.6) is 0 Å². The van der Waals surface area contributed by atoms with Crippen LogP contribution in [0.3, 0.4) is 0 Å². The quantitative estimate of drug-likeness (QED) is 0.281. The zero-order chi connectivity index (χ0) is 28.7. The predicted octanol–water partition coefficient (Wildman–Crippen LogP) is 6.17. The predicted molar refractivity (Wildman–Crippen MR) is 157 cm³/mol. The number of nitrogens with one attached hydrogen (secondary N) is 1. The summed E-state index contributed by atoms with van der Waals surface area (Å²) in [5, 5.41) is 3.79. The molecule has 0 saturated heterocycles. The van der Waals surface area contributed by atoms with Crippen molar-refractivity contribution < 1.29 is 18.0 Å². The lowest BCUT2D eigenvalue weighted by atomic mass is 10.1. The van der Waals surface area contributed by atoms with Crippen LogP contribution in [-0.4, -0.2) is 43.8 Å². The molecule has 3 aromatic carbocycles. The monoisotopic (exact) mass is 609 g/mol. The van der Waals surface area contributed by atoms with E-state index in [1.54, 1.807) is 49.4 Å². The Kier molecular flexibility index (Phi) is 10.7. The lowest BCUT2D eigenvalue weighted by Gasteiger charge is -2.32. The van der Waals surface area contributed by atoms with E-state index in [4.69, 9.17) is 34.8 Å². The standard InChI is InChI=1S/C28H30Cl3N3O4S/c1-4-19(2)32-28(36)20(3)33(17-21-10-12-22(29)13-11-21)27(35)18-34(26-15-14-23(30)16-25(26)31)39(37,38)24-8-6-5-7-9-24/h5-16,19-20H,4,17-18H2,1-3H3,(H,32,36)/t19-,20+/m1/s1. The molecule has 0 spiro atoms. The van der Waals surface area contributed by atoms with Gasteiger partial charge in [-0.3, -0.25) is 13.9 Å². The Morgan fingerprint density at radius 1 is 0.897 bits per heavy atom. The molecule has 208 valence electrons. The molecule has 0 unspecified atom stereocenters. The zero-order valence-corrected chi connectivity index (χ0v) is 24.9. The second kappa shape index (κ2) is 13.5. The third-order valence-corrected chi connectivity index (χ3v) is 8.79. The fourth-order valence-electron chi connectivity index (χ4n) is 3.75. The third-order valence-electron chi connectivity index (χ3n) is 6.22. The van der Waals surface area contributed by atoms with Crippen LogP contribution < -0.4 is 9.62 Å². The Balaban J connectivity index is 2.04. The molecule has 0 saturated carbocycles. The van der Waals surface area contributed by atoms with E-state index in [1.807, 2.05) is 13.8 Å². The number of anilines is 1. The highest BCUT2D eigenvalue weighted by molar-refractivity contribution is 7.92. The summed E-state index contributed by atoms with van der Waals surface area (Å²) in [6, 6.07) is 17.9. The second-order valence-corrected chi connectivity index (χ2v) is 12.2. The molecule has 0 aliphatic heterocycles. The van der Waals surface area contributed by atoms with Crippen molar-refractivity contribution >= 4 is 62.3 Å². The third kappa shape index (κ3) is 7.88. The molecule has 0 aliphatic rings. The van der Waals surface area contributed by atoms with E-state index in [2.05, 4.69) is 5.32 Å². The number of benzene rings is 3. The minimum Gasteiger partial charge on any atom is -0.352 e. The van der Waals surface area contributed by atoms with Gasteiger partial charge in [0.15, 0.2) is 0 Å². The molecule has 0 heterocycles. The molecule has 0 radical (unpaired) electrons. The first-order chi connectivity index (χ1) is 18.4. The molecule has 11 heteroatoms. The number of hydrogen-bond acceptors (Lipinski definition) is 4. The SMILES string of the molecule is CC[C@@H](C)NC(=O)[C@H](C)N(Cc1ccc(Cl)cc1)C(=O)CN(c1ccc(Cl)cc1Cl)S(=O)(=O)c1ccccc1. The normalized spacial score (nSPS) is 12.9. The van der Waals surface area contributed by atoms with E-state index in [-0.39, 0.29) is 34.1 Å². The van der Waals surface area contributed by atoms with Crippen molar-refractivity contribution in [1.29, 1.82) is 0 Å². The van der Waals surface area contributed by atoms with E-state index < -0.39 is 28.5 Å². The number of rotatable bonds is 11. The average molecular weight is 611 g/mol. The highest BCUT2D eigenvalue weighted by Gasteiger charge is 2.33. The van der Waals surface area contributed by atoms with Gasteiger partial charge in [0, 0.05) is 22.6 Å². The summed E-state index contributed by atoms with van der Waals surface area (Å²) in [6.45, 7) is 4.86. The van der Waals surface area contributed by atoms with Gasteiger partial charge in [0.2, 0.25) is 11.8 Å². The molecule has 39 heavy (non-hydrogen) atoms. The molecule has 1 N–H and O–H groups in total.